The second-order valence-corrected chi connectivity index (χ2v) is 5.54. The van der Waals surface area contributed by atoms with Gasteiger partial charge in [-0.3, -0.25) is 0 Å². The summed E-state index contributed by atoms with van der Waals surface area (Å²) in [7, 11) is 0. The number of nitrogens with zero attached hydrogens (tertiary/aromatic N) is 1. The molecule has 4 heteroatoms. The lowest BCUT2D eigenvalue weighted by Gasteiger charge is -2.32. The third kappa shape index (κ3) is 4.53. The van der Waals surface area contributed by atoms with Gasteiger partial charge in [0.25, 0.3) is 0 Å². The molecule has 1 rings (SSSR count). The first-order valence-corrected chi connectivity index (χ1v) is 6.54. The van der Waals surface area contributed by atoms with E-state index in [0.29, 0.717) is 0 Å². The highest BCUT2D eigenvalue weighted by Crippen LogP contribution is 2.26. The van der Waals surface area contributed by atoms with E-state index in [0.717, 1.165) is 24.5 Å². The Morgan fingerprint density at radius 1 is 1.39 bits per heavy atom. The molecule has 0 bridgehead atoms. The summed E-state index contributed by atoms with van der Waals surface area (Å²) in [6, 6.07) is 4.19. The van der Waals surface area contributed by atoms with Crippen LogP contribution in [0.5, 0.6) is 0 Å². The Kier molecular flexibility index (Phi) is 5.41. The second-order valence-electron chi connectivity index (χ2n) is 5.54. The van der Waals surface area contributed by atoms with E-state index in [1.807, 2.05) is 19.1 Å². The van der Waals surface area contributed by atoms with Crippen LogP contribution in [0, 0.1) is 5.41 Å². The summed E-state index contributed by atoms with van der Waals surface area (Å²) in [4.78, 5) is 4.24. The lowest BCUT2D eigenvalue weighted by molar-refractivity contribution is 0.235. The average Bonchev–Trinajstić information content (AvgIpc) is 2.28. The summed E-state index contributed by atoms with van der Waals surface area (Å²) < 4.78 is 0. The molecule has 4 nitrogen and oxygen atoms in total. The van der Waals surface area contributed by atoms with Crippen molar-refractivity contribution in [3.05, 3.63) is 18.3 Å². The summed E-state index contributed by atoms with van der Waals surface area (Å²) >= 11 is 0. The van der Waals surface area contributed by atoms with E-state index in [1.54, 1.807) is 6.20 Å². The molecule has 0 aliphatic heterocycles. The standard InChI is InChI=1S/C14H25N3O/c1-5-15-13-10-11(6-8-16-13)17-12(7-9-18)14(2,3)4/h6,8,10,12,18H,5,7,9H2,1-4H3,(H2,15,16,17). The van der Waals surface area contributed by atoms with Crippen LogP contribution in [0.3, 0.4) is 0 Å². The largest absolute Gasteiger partial charge is 0.396 e. The van der Waals surface area contributed by atoms with Crippen molar-refractivity contribution in [1.82, 2.24) is 4.98 Å². The van der Waals surface area contributed by atoms with Gasteiger partial charge in [0.15, 0.2) is 0 Å². The highest BCUT2D eigenvalue weighted by molar-refractivity contribution is 5.52. The van der Waals surface area contributed by atoms with Gasteiger partial charge in [-0.2, -0.15) is 0 Å². The number of nitrogens with one attached hydrogen (secondary N) is 2. The van der Waals surface area contributed by atoms with Crippen molar-refractivity contribution in [3.8, 4) is 0 Å². The van der Waals surface area contributed by atoms with Crippen LogP contribution >= 0.6 is 0 Å². The van der Waals surface area contributed by atoms with Crippen molar-refractivity contribution >= 4 is 11.5 Å². The van der Waals surface area contributed by atoms with Crippen LogP contribution < -0.4 is 10.6 Å². The molecule has 1 atom stereocenters. The molecule has 3 N–H and O–H groups in total. The van der Waals surface area contributed by atoms with Crippen LogP contribution in [0.2, 0.25) is 0 Å². The fourth-order valence-electron chi connectivity index (χ4n) is 1.85. The van der Waals surface area contributed by atoms with E-state index in [1.165, 1.54) is 0 Å². The molecular formula is C14H25N3O. The summed E-state index contributed by atoms with van der Waals surface area (Å²) in [5.74, 6) is 0.874. The lowest BCUT2D eigenvalue weighted by atomic mass is 9.85. The molecule has 18 heavy (non-hydrogen) atoms. The van der Waals surface area contributed by atoms with Crippen molar-refractivity contribution in [1.29, 1.82) is 0 Å². The normalized spacial score (nSPS) is 13.2. The van der Waals surface area contributed by atoms with Crippen molar-refractivity contribution in [2.24, 2.45) is 5.41 Å². The van der Waals surface area contributed by atoms with Gasteiger partial charge < -0.3 is 15.7 Å². The quantitative estimate of drug-likeness (QED) is 0.727. The molecule has 1 aromatic heterocycles. The van der Waals surface area contributed by atoms with Crippen molar-refractivity contribution in [2.75, 3.05) is 23.8 Å². The minimum absolute atomic E-state index is 0.102. The number of pyridine rings is 1. The number of aliphatic hydroxyl groups is 1. The minimum Gasteiger partial charge on any atom is -0.396 e. The Hall–Kier alpha value is -1.29. The number of anilines is 2. The second kappa shape index (κ2) is 6.59. The van der Waals surface area contributed by atoms with Gasteiger partial charge in [-0.25, -0.2) is 4.98 Å². The van der Waals surface area contributed by atoms with E-state index in [9.17, 15) is 0 Å². The maximum atomic E-state index is 9.15. The fourth-order valence-corrected chi connectivity index (χ4v) is 1.85. The lowest BCUT2D eigenvalue weighted by Crippen LogP contribution is -2.34. The van der Waals surface area contributed by atoms with E-state index in [2.05, 4.69) is 36.4 Å². The molecule has 0 aliphatic rings. The Bertz CT molecular complexity index is 360. The molecule has 1 aromatic rings. The van der Waals surface area contributed by atoms with Gasteiger partial charge in [0.05, 0.1) is 0 Å². The number of rotatable bonds is 6. The molecule has 0 aliphatic carbocycles. The predicted molar refractivity (Wildman–Crippen MR) is 77.0 cm³/mol. The van der Waals surface area contributed by atoms with Gasteiger partial charge in [0.1, 0.15) is 5.82 Å². The molecule has 1 heterocycles. The minimum atomic E-state index is 0.102. The Labute approximate surface area is 110 Å². The summed E-state index contributed by atoms with van der Waals surface area (Å²) in [6.07, 6.45) is 2.53. The first kappa shape index (κ1) is 14.8. The summed E-state index contributed by atoms with van der Waals surface area (Å²) in [5.41, 5.74) is 1.14. The van der Waals surface area contributed by atoms with Gasteiger partial charge in [-0.05, 0) is 24.8 Å². The maximum absolute atomic E-state index is 9.15. The molecule has 0 saturated heterocycles. The third-order valence-electron chi connectivity index (χ3n) is 2.92. The molecule has 0 saturated carbocycles. The molecule has 0 aromatic carbocycles. The molecule has 0 fully saturated rings. The van der Waals surface area contributed by atoms with Crippen LogP contribution in [-0.2, 0) is 0 Å². The fraction of sp³-hybridized carbons (Fsp3) is 0.643. The zero-order valence-electron chi connectivity index (χ0n) is 11.8. The number of hydrogen-bond acceptors (Lipinski definition) is 4. The zero-order chi connectivity index (χ0) is 13.6. The van der Waals surface area contributed by atoms with Gasteiger partial charge in [0.2, 0.25) is 0 Å². The Morgan fingerprint density at radius 3 is 2.67 bits per heavy atom. The maximum Gasteiger partial charge on any atom is 0.127 e. The Morgan fingerprint density at radius 2 is 2.11 bits per heavy atom. The van der Waals surface area contributed by atoms with Crippen LogP contribution in [0.4, 0.5) is 11.5 Å². The van der Waals surface area contributed by atoms with Crippen LogP contribution in [0.25, 0.3) is 0 Å². The van der Waals surface area contributed by atoms with E-state index in [4.69, 9.17) is 5.11 Å². The summed E-state index contributed by atoms with van der Waals surface area (Å²) in [5, 5.41) is 15.8. The number of aliphatic hydroxyl groups excluding tert-OH is 1. The molecular weight excluding hydrogens is 226 g/mol. The first-order chi connectivity index (χ1) is 8.47. The van der Waals surface area contributed by atoms with E-state index in [-0.39, 0.29) is 18.1 Å². The van der Waals surface area contributed by atoms with Gasteiger partial charge >= 0.3 is 0 Å². The Balaban J connectivity index is 2.77. The number of aromatic nitrogens is 1. The molecule has 0 amide bonds. The predicted octanol–water partition coefficient (Wildman–Crippen LogP) is 2.72. The van der Waals surface area contributed by atoms with Crippen molar-refractivity contribution in [2.45, 2.75) is 40.2 Å². The van der Waals surface area contributed by atoms with E-state index < -0.39 is 0 Å². The smallest absolute Gasteiger partial charge is 0.127 e. The number of hydrogen-bond donors (Lipinski definition) is 3. The van der Waals surface area contributed by atoms with E-state index >= 15 is 0 Å². The molecule has 102 valence electrons. The van der Waals surface area contributed by atoms with Crippen LogP contribution in [0.1, 0.15) is 34.1 Å². The van der Waals surface area contributed by atoms with Gasteiger partial charge in [-0.1, -0.05) is 20.8 Å². The molecule has 0 radical (unpaired) electrons. The first-order valence-electron chi connectivity index (χ1n) is 6.54. The van der Waals surface area contributed by atoms with Crippen LogP contribution in [-0.4, -0.2) is 29.3 Å². The highest BCUT2D eigenvalue weighted by atomic mass is 16.3. The average molecular weight is 251 g/mol. The topological polar surface area (TPSA) is 57.2 Å². The molecule has 0 spiro atoms. The summed E-state index contributed by atoms with van der Waals surface area (Å²) in [6.45, 7) is 9.62. The SMILES string of the molecule is CCNc1cc(NC(CCO)C(C)(C)C)ccn1. The van der Waals surface area contributed by atoms with Crippen molar-refractivity contribution in [3.63, 3.8) is 0 Å². The van der Waals surface area contributed by atoms with Crippen molar-refractivity contribution < 1.29 is 5.11 Å². The zero-order valence-corrected chi connectivity index (χ0v) is 11.8. The molecule has 1 unspecified atom stereocenters. The third-order valence-corrected chi connectivity index (χ3v) is 2.92. The highest BCUT2D eigenvalue weighted by Gasteiger charge is 2.23. The van der Waals surface area contributed by atoms with Crippen LogP contribution in [0.15, 0.2) is 18.3 Å². The monoisotopic (exact) mass is 251 g/mol. The van der Waals surface area contributed by atoms with Gasteiger partial charge in [0, 0.05) is 37.1 Å². The van der Waals surface area contributed by atoms with Gasteiger partial charge in [-0.15, -0.1) is 0 Å².